The Bertz CT molecular complexity index is 367. The molecule has 2 amide bonds. The van der Waals surface area contributed by atoms with E-state index in [2.05, 4.69) is 15.8 Å². The molecule has 1 aromatic heterocycles. The average molecular weight is 214 g/mol. The normalized spacial score (nSPS) is 9.29. The highest BCUT2D eigenvalue weighted by Gasteiger charge is 2.09. The van der Waals surface area contributed by atoms with E-state index in [0.717, 1.165) is 0 Å². The van der Waals surface area contributed by atoms with Crippen LogP contribution < -0.4 is 10.9 Å². The largest absolute Gasteiger partial charge is 0.274 e. The molecular formula is C8H8ClN3O2. The highest BCUT2D eigenvalue weighted by atomic mass is 35.5. The van der Waals surface area contributed by atoms with E-state index < -0.39 is 5.91 Å². The molecule has 74 valence electrons. The molecule has 0 aliphatic carbocycles. The van der Waals surface area contributed by atoms with Crippen molar-refractivity contribution in [2.24, 2.45) is 0 Å². The van der Waals surface area contributed by atoms with Gasteiger partial charge in [0.05, 0.1) is 5.56 Å². The molecule has 0 atom stereocenters. The first-order valence-electron chi connectivity index (χ1n) is 3.78. The first kappa shape index (κ1) is 10.5. The quantitative estimate of drug-likeness (QED) is 0.528. The van der Waals surface area contributed by atoms with Crippen LogP contribution >= 0.6 is 11.6 Å². The molecule has 0 spiro atoms. The third-order valence-corrected chi connectivity index (χ3v) is 1.66. The minimum Gasteiger partial charge on any atom is -0.274 e. The van der Waals surface area contributed by atoms with Crippen molar-refractivity contribution in [2.75, 3.05) is 0 Å². The van der Waals surface area contributed by atoms with Gasteiger partial charge in [-0.2, -0.15) is 0 Å². The van der Waals surface area contributed by atoms with E-state index in [1.807, 2.05) is 0 Å². The Morgan fingerprint density at radius 1 is 1.43 bits per heavy atom. The molecule has 0 aliphatic heterocycles. The highest BCUT2D eigenvalue weighted by Crippen LogP contribution is 2.10. The topological polar surface area (TPSA) is 71.1 Å². The summed E-state index contributed by atoms with van der Waals surface area (Å²) in [6.45, 7) is 1.28. The fraction of sp³-hybridized carbons (Fsp3) is 0.125. The standard InChI is InChI=1S/C8H8ClN3O2/c1-5(13)11-12-8(14)6-3-2-4-10-7(6)9/h2-4H,1H3,(H,11,13)(H,12,14). The Kier molecular flexibility index (Phi) is 3.41. The number of hydrazine groups is 1. The molecule has 0 radical (unpaired) electrons. The number of amides is 2. The minimum absolute atomic E-state index is 0.0929. The van der Waals surface area contributed by atoms with Gasteiger partial charge in [-0.25, -0.2) is 4.98 Å². The van der Waals surface area contributed by atoms with Gasteiger partial charge in [-0.05, 0) is 12.1 Å². The fourth-order valence-electron chi connectivity index (χ4n) is 0.768. The van der Waals surface area contributed by atoms with Crippen molar-refractivity contribution in [3.8, 4) is 0 Å². The molecule has 0 unspecified atom stereocenters. The van der Waals surface area contributed by atoms with Gasteiger partial charge in [0, 0.05) is 13.1 Å². The van der Waals surface area contributed by atoms with Crippen molar-refractivity contribution in [1.29, 1.82) is 0 Å². The smallest absolute Gasteiger partial charge is 0.272 e. The van der Waals surface area contributed by atoms with E-state index in [0.29, 0.717) is 0 Å². The summed E-state index contributed by atoms with van der Waals surface area (Å²) < 4.78 is 0. The molecule has 1 rings (SSSR count). The third-order valence-electron chi connectivity index (χ3n) is 1.36. The summed E-state index contributed by atoms with van der Waals surface area (Å²) in [5.41, 5.74) is 4.53. The first-order valence-corrected chi connectivity index (χ1v) is 4.16. The van der Waals surface area contributed by atoms with Gasteiger partial charge in [-0.1, -0.05) is 11.6 Å². The van der Waals surface area contributed by atoms with E-state index in [-0.39, 0.29) is 16.6 Å². The lowest BCUT2D eigenvalue weighted by Gasteiger charge is -2.05. The second kappa shape index (κ2) is 4.57. The zero-order valence-corrected chi connectivity index (χ0v) is 8.13. The number of nitrogens with one attached hydrogen (secondary N) is 2. The lowest BCUT2D eigenvalue weighted by Crippen LogP contribution is -2.40. The maximum atomic E-state index is 11.3. The molecule has 0 saturated heterocycles. The summed E-state index contributed by atoms with van der Waals surface area (Å²) in [7, 11) is 0. The Labute approximate surface area is 85.4 Å². The average Bonchev–Trinajstić information content (AvgIpc) is 2.15. The van der Waals surface area contributed by atoms with Gasteiger partial charge in [0.1, 0.15) is 5.15 Å². The second-order valence-corrected chi connectivity index (χ2v) is 2.84. The Morgan fingerprint density at radius 3 is 2.71 bits per heavy atom. The molecule has 0 bridgehead atoms. The van der Waals surface area contributed by atoms with Gasteiger partial charge < -0.3 is 0 Å². The molecule has 14 heavy (non-hydrogen) atoms. The molecule has 1 aromatic rings. The monoisotopic (exact) mass is 213 g/mol. The Morgan fingerprint density at radius 2 is 2.14 bits per heavy atom. The summed E-state index contributed by atoms with van der Waals surface area (Å²) in [4.78, 5) is 25.5. The first-order chi connectivity index (χ1) is 6.61. The van der Waals surface area contributed by atoms with Crippen molar-refractivity contribution >= 4 is 23.4 Å². The third kappa shape index (κ3) is 2.70. The van der Waals surface area contributed by atoms with E-state index >= 15 is 0 Å². The second-order valence-electron chi connectivity index (χ2n) is 2.48. The molecule has 1 heterocycles. The molecule has 0 fully saturated rings. The lowest BCUT2D eigenvalue weighted by atomic mass is 10.3. The highest BCUT2D eigenvalue weighted by molar-refractivity contribution is 6.32. The number of carbonyl (C=O) groups excluding carboxylic acids is 2. The fourth-order valence-corrected chi connectivity index (χ4v) is 0.973. The van der Waals surface area contributed by atoms with Gasteiger partial charge in [-0.3, -0.25) is 20.4 Å². The van der Waals surface area contributed by atoms with Gasteiger partial charge >= 0.3 is 0 Å². The maximum Gasteiger partial charge on any atom is 0.272 e. The number of rotatable bonds is 1. The Balaban J connectivity index is 2.70. The van der Waals surface area contributed by atoms with E-state index in [4.69, 9.17) is 11.6 Å². The number of pyridine rings is 1. The number of aromatic nitrogens is 1. The summed E-state index contributed by atoms with van der Waals surface area (Å²) in [6.07, 6.45) is 1.47. The molecule has 0 saturated carbocycles. The van der Waals surface area contributed by atoms with Crippen molar-refractivity contribution in [1.82, 2.24) is 15.8 Å². The van der Waals surface area contributed by atoms with Crippen molar-refractivity contribution in [2.45, 2.75) is 6.92 Å². The summed E-state index contributed by atoms with van der Waals surface area (Å²) in [6, 6.07) is 3.08. The predicted molar refractivity (Wildman–Crippen MR) is 50.5 cm³/mol. The van der Waals surface area contributed by atoms with Crippen LogP contribution in [0, 0.1) is 0 Å². The summed E-state index contributed by atoms with van der Waals surface area (Å²) >= 11 is 5.65. The molecule has 2 N–H and O–H groups in total. The SMILES string of the molecule is CC(=O)NNC(=O)c1cccnc1Cl. The number of carbonyl (C=O) groups is 2. The van der Waals surface area contributed by atoms with Gasteiger partial charge in [0.2, 0.25) is 5.91 Å². The summed E-state index contributed by atoms with van der Waals surface area (Å²) in [5.74, 6) is -0.864. The van der Waals surface area contributed by atoms with Gasteiger partial charge in [0.25, 0.3) is 5.91 Å². The number of hydrogen-bond donors (Lipinski definition) is 2. The van der Waals surface area contributed by atoms with Crippen molar-refractivity contribution in [3.63, 3.8) is 0 Å². The zero-order valence-electron chi connectivity index (χ0n) is 7.37. The molecular weight excluding hydrogens is 206 g/mol. The molecule has 6 heteroatoms. The van der Waals surface area contributed by atoms with Crippen LogP contribution in [0.25, 0.3) is 0 Å². The van der Waals surface area contributed by atoms with Crippen molar-refractivity contribution in [3.05, 3.63) is 29.0 Å². The van der Waals surface area contributed by atoms with Crippen LogP contribution in [-0.4, -0.2) is 16.8 Å². The zero-order chi connectivity index (χ0) is 10.6. The number of halogens is 1. The number of nitrogens with zero attached hydrogens (tertiary/aromatic N) is 1. The van der Waals surface area contributed by atoms with Crippen LogP contribution in [0.15, 0.2) is 18.3 Å². The van der Waals surface area contributed by atoms with E-state index in [9.17, 15) is 9.59 Å². The number of hydrogen-bond acceptors (Lipinski definition) is 3. The van der Waals surface area contributed by atoms with Crippen molar-refractivity contribution < 1.29 is 9.59 Å². The molecule has 0 aliphatic rings. The Hall–Kier alpha value is -1.62. The lowest BCUT2D eigenvalue weighted by molar-refractivity contribution is -0.119. The van der Waals surface area contributed by atoms with Crippen LogP contribution in [0.5, 0.6) is 0 Å². The van der Waals surface area contributed by atoms with E-state index in [1.54, 1.807) is 6.07 Å². The summed E-state index contributed by atoms with van der Waals surface area (Å²) in [5, 5.41) is 0.0929. The maximum absolute atomic E-state index is 11.3. The van der Waals surface area contributed by atoms with Crippen LogP contribution in [0.2, 0.25) is 5.15 Å². The van der Waals surface area contributed by atoms with Gasteiger partial charge in [0.15, 0.2) is 0 Å². The molecule has 0 aromatic carbocycles. The minimum atomic E-state index is -0.502. The van der Waals surface area contributed by atoms with Crippen LogP contribution in [0.1, 0.15) is 17.3 Å². The van der Waals surface area contributed by atoms with E-state index in [1.165, 1.54) is 19.2 Å². The predicted octanol–water partition coefficient (Wildman–Crippen LogP) is 0.516. The molecule has 5 nitrogen and oxygen atoms in total. The van der Waals surface area contributed by atoms with Crippen LogP contribution in [0.3, 0.4) is 0 Å². The van der Waals surface area contributed by atoms with Crippen LogP contribution in [-0.2, 0) is 4.79 Å². The van der Waals surface area contributed by atoms with Crippen LogP contribution in [0.4, 0.5) is 0 Å². The van der Waals surface area contributed by atoms with Gasteiger partial charge in [-0.15, -0.1) is 0 Å².